The molecule has 0 heteroatoms. The van der Waals surface area contributed by atoms with E-state index in [0.29, 0.717) is 0 Å². The van der Waals surface area contributed by atoms with Gasteiger partial charge in [0.25, 0.3) is 0 Å². The lowest BCUT2D eigenvalue weighted by Gasteiger charge is -2.90. The molecular weight excluding hydrogens is 1080 g/mol. The lowest BCUT2D eigenvalue weighted by atomic mass is 9.14. The second-order valence-electron chi connectivity index (χ2n) is 40.8. The Morgan fingerprint density at radius 2 is 0.600 bits per heavy atom. The van der Waals surface area contributed by atoms with E-state index in [1.54, 1.807) is 270 Å². The highest BCUT2D eigenvalue weighted by atomic mass is 14.9. The van der Waals surface area contributed by atoms with Crippen LogP contribution in [0.25, 0.3) is 0 Å². The summed E-state index contributed by atoms with van der Waals surface area (Å²) in [5.74, 6) is 35.9. The minimum atomic E-state index is 0.878. The molecule has 2 spiro atoms. The fourth-order valence-corrected chi connectivity index (χ4v) is 32.2. The smallest absolute Gasteiger partial charge is 0.0227 e. The van der Waals surface area contributed by atoms with Gasteiger partial charge in [-0.1, -0.05) is 205 Å². The van der Waals surface area contributed by atoms with Crippen molar-refractivity contribution in [3.8, 4) is 0 Å². The lowest BCUT2D eigenvalue weighted by Crippen LogP contribution is -2.85. The van der Waals surface area contributed by atoms with E-state index in [-0.39, 0.29) is 0 Å². The largest absolute Gasteiger partial charge is 0.0533 e. The number of hydrogen-bond donors (Lipinski definition) is 0. The molecule has 0 nitrogen and oxygen atoms in total. The van der Waals surface area contributed by atoms with E-state index in [0.717, 1.165) is 52.3 Å². The first-order valence-corrected chi connectivity index (χ1v) is 44.6. The molecule has 0 aromatic rings. The van der Waals surface area contributed by atoms with Crippen LogP contribution in [-0.4, -0.2) is 0 Å². The fourth-order valence-electron chi connectivity index (χ4n) is 32.2. The van der Waals surface area contributed by atoms with Crippen molar-refractivity contribution in [1.29, 1.82) is 0 Å². The molecule has 0 N–H and O–H groups in total. The highest BCUT2D eigenvalue weighted by Crippen LogP contribution is 2.91. The molecule has 0 aromatic heterocycles. The first-order chi connectivity index (χ1) is 44.6. The summed E-state index contributed by atoms with van der Waals surface area (Å²) in [6.45, 7) is 0. The minimum Gasteiger partial charge on any atom is -0.0533 e. The first-order valence-electron chi connectivity index (χ1n) is 44.6. The third-order valence-corrected chi connectivity index (χ3v) is 38.0. The topological polar surface area (TPSA) is 0 Å². The van der Waals surface area contributed by atoms with Crippen LogP contribution in [0.1, 0.15) is 372 Å². The van der Waals surface area contributed by atoms with Gasteiger partial charge in [0.1, 0.15) is 0 Å². The zero-order valence-corrected chi connectivity index (χ0v) is 59.3. The van der Waals surface area contributed by atoms with Crippen molar-refractivity contribution in [2.75, 3.05) is 0 Å². The van der Waals surface area contributed by atoms with Gasteiger partial charge in [-0.25, -0.2) is 0 Å². The Balaban J connectivity index is 0.0000000912. The monoisotopic (exact) mass is 1230 g/mol. The van der Waals surface area contributed by atoms with Crippen LogP contribution in [0, 0.1) is 188 Å². The van der Waals surface area contributed by atoms with Crippen LogP contribution in [0.2, 0.25) is 0 Å². The van der Waals surface area contributed by atoms with E-state index in [9.17, 15) is 0 Å². The van der Waals surface area contributed by atoms with E-state index in [1.165, 1.54) is 239 Å². The Labute approximate surface area is 557 Å². The second kappa shape index (κ2) is 26.9. The van der Waals surface area contributed by atoms with E-state index >= 15 is 0 Å². The van der Waals surface area contributed by atoms with Gasteiger partial charge in [-0.15, -0.1) is 0 Å². The summed E-state index contributed by atoms with van der Waals surface area (Å²) in [6.07, 6.45) is 91.8. The SMILES string of the molecule is C1CC2C3CC(CCC4CC3C4)C23CC(C3)C2CC3(C1)C2C1C2C4CCC4C2C13.C1CCC1.C1CCC2C(CC1)C1C3CCC3CCC21.C1CCCC2CCC2C2CCC2CC1.C1CCCCCCC2CC(C2)C2CCC2CCC2CCC(CCCCC1)CC2. The Morgan fingerprint density at radius 3 is 1.21 bits per heavy atom. The Morgan fingerprint density at radius 1 is 0.178 bits per heavy atom. The molecule has 0 amide bonds. The average Bonchev–Trinajstić information content (AvgIpc) is 0.622. The molecule has 26 aliphatic carbocycles. The standard InChI is InChI=1S/C29H40.C28H50.C15H24.C14H24.C4H8/c1-2-22-20-10-17(4-3-14-8-15(20)9-14)29(22)11-16(12-29)21-13-28(7-1)26(21)25-23-18-5-6-19(18)24(23)27(25)28;1-2-4-6-8-10-12-25-21-27(22-25)28-20-19-26(28)18-17-24-15-13-23(14-16-24)11-9-7-5-3-1;1-2-4-12-13(5-3-1)15-11-8-6-10(11)7-9-14(12)15;1-2-4-6-12-8-10-14(12)13-9-7-11(13)5-3-1;1-2-4-3-1/h14-27H,1-13H2;23-28H,1-22H2;10-15H,1-9H2;11-14H,1-10H2;1-4H2. The third-order valence-electron chi connectivity index (χ3n) is 38.0. The lowest BCUT2D eigenvalue weighted by molar-refractivity contribution is -0.429. The van der Waals surface area contributed by atoms with Crippen molar-refractivity contribution in [3.05, 3.63) is 0 Å². The molecule has 0 radical (unpaired) electrons. The molecule has 26 fully saturated rings. The summed E-state index contributed by atoms with van der Waals surface area (Å²) in [6, 6.07) is 0. The summed E-state index contributed by atoms with van der Waals surface area (Å²) < 4.78 is 0. The number of hydrogen-bond acceptors (Lipinski definition) is 0. The average molecular weight is 1230 g/mol. The van der Waals surface area contributed by atoms with Crippen molar-refractivity contribution in [2.45, 2.75) is 372 Å². The van der Waals surface area contributed by atoms with Crippen molar-refractivity contribution in [2.24, 2.45) is 188 Å². The summed E-state index contributed by atoms with van der Waals surface area (Å²) in [5.41, 5.74) is 1.80. The van der Waals surface area contributed by atoms with E-state index in [4.69, 9.17) is 0 Å². The van der Waals surface area contributed by atoms with Crippen LogP contribution in [0.15, 0.2) is 0 Å². The van der Waals surface area contributed by atoms with Crippen LogP contribution in [-0.2, 0) is 0 Å². The van der Waals surface area contributed by atoms with Gasteiger partial charge in [-0.2, -0.15) is 0 Å². The Kier molecular flexibility index (Phi) is 18.6. The molecule has 12 bridgehead atoms. The molecule has 506 valence electrons. The number of fused-ring (bicyclic) bond motifs is 21. The maximum absolute atomic E-state index is 1.73. The Hall–Kier alpha value is 0. The zero-order chi connectivity index (χ0) is 59.3. The summed E-state index contributed by atoms with van der Waals surface area (Å²) in [5, 5.41) is 0. The molecule has 24 unspecified atom stereocenters. The summed E-state index contributed by atoms with van der Waals surface area (Å²) >= 11 is 0. The number of rotatable bonds is 0. The molecule has 0 aromatic carbocycles. The first kappa shape index (κ1) is 62.3. The predicted octanol–water partition coefficient (Wildman–Crippen LogP) is 26.3. The van der Waals surface area contributed by atoms with Crippen LogP contribution >= 0.6 is 0 Å². The molecule has 90 heavy (non-hydrogen) atoms. The van der Waals surface area contributed by atoms with Gasteiger partial charge >= 0.3 is 0 Å². The highest BCUT2D eigenvalue weighted by molar-refractivity contribution is 5.33. The molecule has 0 heterocycles. The zero-order valence-electron chi connectivity index (χ0n) is 59.3. The van der Waals surface area contributed by atoms with Gasteiger partial charge in [-0.3, -0.25) is 0 Å². The molecule has 26 rings (SSSR count). The molecule has 0 saturated heterocycles. The van der Waals surface area contributed by atoms with Crippen LogP contribution in [0.5, 0.6) is 0 Å². The minimum absolute atomic E-state index is 0.878. The maximum atomic E-state index is 1.73. The summed E-state index contributed by atoms with van der Waals surface area (Å²) in [4.78, 5) is 0. The molecule has 26 aliphatic rings. The van der Waals surface area contributed by atoms with Crippen molar-refractivity contribution < 1.29 is 0 Å². The van der Waals surface area contributed by atoms with Crippen LogP contribution in [0.4, 0.5) is 0 Å². The fraction of sp³-hybridized carbons (Fsp3) is 1.00. The third kappa shape index (κ3) is 11.2. The van der Waals surface area contributed by atoms with Crippen molar-refractivity contribution in [1.82, 2.24) is 0 Å². The summed E-state index contributed by atoms with van der Waals surface area (Å²) in [7, 11) is 0. The molecular formula is C90H146. The van der Waals surface area contributed by atoms with Crippen molar-refractivity contribution >= 4 is 0 Å². The van der Waals surface area contributed by atoms with E-state index < -0.39 is 0 Å². The molecule has 26 saturated carbocycles. The van der Waals surface area contributed by atoms with Gasteiger partial charge < -0.3 is 0 Å². The molecule has 0 aliphatic heterocycles. The van der Waals surface area contributed by atoms with Gasteiger partial charge in [0.05, 0.1) is 0 Å². The van der Waals surface area contributed by atoms with Crippen LogP contribution in [0.3, 0.4) is 0 Å². The second-order valence-corrected chi connectivity index (χ2v) is 40.8. The van der Waals surface area contributed by atoms with Crippen LogP contribution < -0.4 is 0 Å². The highest BCUT2D eigenvalue weighted by Gasteiger charge is 2.86. The quantitative estimate of drug-likeness (QED) is 0.227. The van der Waals surface area contributed by atoms with Gasteiger partial charge in [0, 0.05) is 0 Å². The van der Waals surface area contributed by atoms with Crippen molar-refractivity contribution in [3.63, 3.8) is 0 Å². The van der Waals surface area contributed by atoms with Gasteiger partial charge in [0.2, 0.25) is 0 Å². The van der Waals surface area contributed by atoms with E-state index in [2.05, 4.69) is 0 Å². The van der Waals surface area contributed by atoms with E-state index in [1.807, 2.05) is 0 Å². The van der Waals surface area contributed by atoms with Gasteiger partial charge in [0.15, 0.2) is 0 Å². The van der Waals surface area contributed by atoms with Gasteiger partial charge in [-0.05, 0) is 355 Å². The maximum Gasteiger partial charge on any atom is -0.0227 e. The normalized spacial score (nSPS) is 55.7. The molecule has 24 atom stereocenters. The Bertz CT molecular complexity index is 2290. The predicted molar refractivity (Wildman–Crippen MR) is 377 cm³/mol.